The van der Waals surface area contributed by atoms with Crippen LogP contribution in [0.2, 0.25) is 0 Å². The standard InChI is InChI=1S/C13H17F3N2O2/c14-9-5-11(15)13(16)12(6-9)17-7-10(19)8-18-1-3-20-4-2-18/h5-6,10,17,19H,1-4,7-8H2. The second-order valence-corrected chi connectivity index (χ2v) is 4.70. The van der Waals surface area contributed by atoms with E-state index < -0.39 is 23.6 Å². The number of ether oxygens (including phenoxy) is 1. The van der Waals surface area contributed by atoms with Crippen LogP contribution in [-0.2, 0) is 4.74 Å². The lowest BCUT2D eigenvalue weighted by atomic mass is 10.2. The first kappa shape index (κ1) is 15.1. The number of rotatable bonds is 5. The number of benzene rings is 1. The highest BCUT2D eigenvalue weighted by atomic mass is 19.2. The number of nitrogens with zero attached hydrogens (tertiary/aromatic N) is 1. The van der Waals surface area contributed by atoms with Gasteiger partial charge in [0.05, 0.1) is 25.0 Å². The zero-order valence-corrected chi connectivity index (χ0v) is 10.9. The molecule has 2 N–H and O–H groups in total. The molecule has 1 aromatic rings. The Hall–Kier alpha value is -1.31. The summed E-state index contributed by atoms with van der Waals surface area (Å²) in [5.74, 6) is -3.27. The molecule has 0 amide bonds. The van der Waals surface area contributed by atoms with Crippen molar-refractivity contribution in [2.75, 3.05) is 44.7 Å². The van der Waals surface area contributed by atoms with Crippen molar-refractivity contribution in [3.05, 3.63) is 29.6 Å². The molecule has 1 heterocycles. The summed E-state index contributed by atoms with van der Waals surface area (Å²) in [7, 11) is 0. The summed E-state index contributed by atoms with van der Waals surface area (Å²) in [6.45, 7) is 3.08. The van der Waals surface area contributed by atoms with Crippen molar-refractivity contribution in [2.45, 2.75) is 6.10 Å². The number of anilines is 1. The summed E-state index contributed by atoms with van der Waals surface area (Å²) in [5, 5.41) is 12.4. The van der Waals surface area contributed by atoms with Gasteiger partial charge in [0.25, 0.3) is 0 Å². The summed E-state index contributed by atoms with van der Waals surface area (Å²) in [6, 6.07) is 1.34. The molecular weight excluding hydrogens is 273 g/mol. The van der Waals surface area contributed by atoms with Crippen LogP contribution in [0.25, 0.3) is 0 Å². The molecule has 0 aromatic heterocycles. The predicted octanol–water partition coefficient (Wildman–Crippen LogP) is 1.21. The van der Waals surface area contributed by atoms with Gasteiger partial charge in [0.1, 0.15) is 5.82 Å². The normalized spacial score (nSPS) is 18.0. The number of hydrogen-bond donors (Lipinski definition) is 2. The van der Waals surface area contributed by atoms with Crippen molar-refractivity contribution < 1.29 is 23.0 Å². The lowest BCUT2D eigenvalue weighted by Crippen LogP contribution is -2.42. The lowest BCUT2D eigenvalue weighted by molar-refractivity contribution is 0.0171. The van der Waals surface area contributed by atoms with Gasteiger partial charge in [-0.3, -0.25) is 4.90 Å². The fourth-order valence-corrected chi connectivity index (χ4v) is 2.06. The Balaban J connectivity index is 1.85. The molecule has 0 spiro atoms. The molecule has 1 aliphatic rings. The molecule has 0 saturated carbocycles. The van der Waals surface area contributed by atoms with Crippen molar-refractivity contribution in [1.82, 2.24) is 4.90 Å². The maximum absolute atomic E-state index is 13.4. The van der Waals surface area contributed by atoms with Gasteiger partial charge >= 0.3 is 0 Å². The zero-order chi connectivity index (χ0) is 14.5. The van der Waals surface area contributed by atoms with E-state index in [1.165, 1.54) is 0 Å². The van der Waals surface area contributed by atoms with Crippen molar-refractivity contribution in [1.29, 1.82) is 0 Å². The highest BCUT2D eigenvalue weighted by Gasteiger charge is 2.16. The fourth-order valence-electron chi connectivity index (χ4n) is 2.06. The van der Waals surface area contributed by atoms with Gasteiger partial charge in [-0.25, -0.2) is 13.2 Å². The minimum absolute atomic E-state index is 0.0111. The van der Waals surface area contributed by atoms with Gasteiger partial charge < -0.3 is 15.2 Å². The first-order valence-electron chi connectivity index (χ1n) is 6.43. The van der Waals surface area contributed by atoms with E-state index in [4.69, 9.17) is 4.74 Å². The van der Waals surface area contributed by atoms with Crippen molar-refractivity contribution in [3.8, 4) is 0 Å². The van der Waals surface area contributed by atoms with Gasteiger partial charge in [-0.05, 0) is 0 Å². The zero-order valence-electron chi connectivity index (χ0n) is 10.9. The highest BCUT2D eigenvalue weighted by molar-refractivity contribution is 5.45. The lowest BCUT2D eigenvalue weighted by Gasteiger charge is -2.28. The summed E-state index contributed by atoms with van der Waals surface area (Å²) in [4.78, 5) is 2.01. The summed E-state index contributed by atoms with van der Waals surface area (Å²) >= 11 is 0. The number of morpholine rings is 1. The molecule has 2 rings (SSSR count). The Kier molecular flexibility index (Phi) is 5.22. The number of hydrogen-bond acceptors (Lipinski definition) is 4. The maximum Gasteiger partial charge on any atom is 0.182 e. The van der Waals surface area contributed by atoms with Crippen molar-refractivity contribution >= 4 is 5.69 Å². The number of β-amino-alcohol motifs (C(OH)–C–C–N with tert-alkyl or cyclic N) is 1. The number of aliphatic hydroxyl groups excluding tert-OH is 1. The predicted molar refractivity (Wildman–Crippen MR) is 68.1 cm³/mol. The SMILES string of the molecule is OC(CNc1cc(F)cc(F)c1F)CN1CCOCC1. The van der Waals surface area contributed by atoms with Crippen LogP contribution < -0.4 is 5.32 Å². The summed E-state index contributed by atoms with van der Waals surface area (Å²) in [5.41, 5.74) is -0.288. The summed E-state index contributed by atoms with van der Waals surface area (Å²) in [6.07, 6.45) is -0.765. The van der Waals surface area contributed by atoms with Gasteiger partial charge in [-0.1, -0.05) is 0 Å². The quantitative estimate of drug-likeness (QED) is 0.800. The molecule has 0 radical (unpaired) electrons. The Morgan fingerprint density at radius 3 is 2.65 bits per heavy atom. The van der Waals surface area contributed by atoms with Crippen LogP contribution in [0.3, 0.4) is 0 Å². The average Bonchev–Trinajstić information content (AvgIpc) is 2.42. The Morgan fingerprint density at radius 2 is 1.95 bits per heavy atom. The number of nitrogens with one attached hydrogen (secondary N) is 1. The van der Waals surface area contributed by atoms with Gasteiger partial charge in [-0.2, -0.15) is 0 Å². The second-order valence-electron chi connectivity index (χ2n) is 4.70. The van der Waals surface area contributed by atoms with Gasteiger partial charge in [-0.15, -0.1) is 0 Å². The maximum atomic E-state index is 13.4. The molecule has 1 atom stereocenters. The van der Waals surface area contributed by atoms with Gasteiger partial charge in [0, 0.05) is 38.3 Å². The third-order valence-corrected chi connectivity index (χ3v) is 3.09. The first-order valence-corrected chi connectivity index (χ1v) is 6.43. The van der Waals surface area contributed by atoms with Crippen LogP contribution in [-0.4, -0.2) is 55.5 Å². The molecule has 20 heavy (non-hydrogen) atoms. The molecule has 1 aliphatic heterocycles. The van der Waals surface area contributed by atoms with E-state index >= 15 is 0 Å². The van der Waals surface area contributed by atoms with Crippen LogP contribution in [0.4, 0.5) is 18.9 Å². The van der Waals surface area contributed by atoms with Crippen LogP contribution in [0.1, 0.15) is 0 Å². The topological polar surface area (TPSA) is 44.7 Å². The highest BCUT2D eigenvalue weighted by Crippen LogP contribution is 2.19. The largest absolute Gasteiger partial charge is 0.390 e. The van der Waals surface area contributed by atoms with E-state index in [1.54, 1.807) is 0 Å². The van der Waals surface area contributed by atoms with Gasteiger partial charge in [0.2, 0.25) is 0 Å². The molecule has 1 unspecified atom stereocenters. The van der Waals surface area contributed by atoms with Gasteiger partial charge in [0.15, 0.2) is 11.6 Å². The molecule has 1 aromatic carbocycles. The molecule has 1 saturated heterocycles. The molecule has 112 valence electrons. The molecular formula is C13H17F3N2O2. The minimum atomic E-state index is -1.25. The van der Waals surface area contributed by atoms with E-state index in [2.05, 4.69) is 5.32 Å². The van der Waals surface area contributed by atoms with Crippen LogP contribution in [0, 0.1) is 17.5 Å². The molecule has 0 aliphatic carbocycles. The van der Waals surface area contributed by atoms with E-state index in [0.29, 0.717) is 25.8 Å². The third kappa shape index (κ3) is 4.09. The van der Waals surface area contributed by atoms with E-state index in [0.717, 1.165) is 19.2 Å². The number of aliphatic hydroxyl groups is 1. The molecule has 4 nitrogen and oxygen atoms in total. The summed E-state index contributed by atoms with van der Waals surface area (Å²) < 4.78 is 44.5. The van der Waals surface area contributed by atoms with Crippen LogP contribution in [0.15, 0.2) is 12.1 Å². The third-order valence-electron chi connectivity index (χ3n) is 3.09. The van der Waals surface area contributed by atoms with E-state index in [1.807, 2.05) is 4.90 Å². The Bertz CT molecular complexity index is 453. The van der Waals surface area contributed by atoms with Crippen LogP contribution in [0.5, 0.6) is 0 Å². The second kappa shape index (κ2) is 6.92. The van der Waals surface area contributed by atoms with Crippen molar-refractivity contribution in [2.24, 2.45) is 0 Å². The Labute approximate surface area is 115 Å². The minimum Gasteiger partial charge on any atom is -0.390 e. The number of halogens is 3. The Morgan fingerprint density at radius 1 is 1.25 bits per heavy atom. The fraction of sp³-hybridized carbons (Fsp3) is 0.538. The molecule has 0 bridgehead atoms. The van der Waals surface area contributed by atoms with E-state index in [9.17, 15) is 18.3 Å². The van der Waals surface area contributed by atoms with Crippen LogP contribution >= 0.6 is 0 Å². The smallest absolute Gasteiger partial charge is 0.182 e. The van der Waals surface area contributed by atoms with Crippen molar-refractivity contribution in [3.63, 3.8) is 0 Å². The van der Waals surface area contributed by atoms with E-state index in [-0.39, 0.29) is 12.2 Å². The molecule has 7 heteroatoms. The average molecular weight is 290 g/mol. The first-order chi connectivity index (χ1) is 9.56. The molecule has 1 fully saturated rings. The monoisotopic (exact) mass is 290 g/mol.